The van der Waals surface area contributed by atoms with Crippen LogP contribution in [0, 0.1) is 12.7 Å². The van der Waals surface area contributed by atoms with Crippen LogP contribution in [0.5, 0.6) is 5.88 Å². The molecule has 1 unspecified atom stereocenters. The number of nitrogens with two attached hydrogens (primary N) is 1. The maximum absolute atomic E-state index is 14.4. The van der Waals surface area contributed by atoms with Crippen molar-refractivity contribution in [1.82, 2.24) is 25.2 Å². The first-order valence-electron chi connectivity index (χ1n) is 11.7. The van der Waals surface area contributed by atoms with Gasteiger partial charge in [0.05, 0.1) is 41.9 Å². The number of carbonyl (C=O) groups is 1. The number of nitrogens with one attached hydrogen (secondary N) is 1. The standard InChI is InChI=1S/C25H26FN7O4/c1-13-23-20(31-25(27)28-13)9-19(30-24(23)32-37-12-22(35)33-10-15(34)11-33)16-7-6-14(26)8-17(16)18-4-3-5-21(29-18)36-2/h3-8,15,19,34H,9-12H2,1-2H3,(H,30,32)(H2,27,28,31). The summed E-state index contributed by atoms with van der Waals surface area (Å²) in [7, 11) is 1.52. The van der Waals surface area contributed by atoms with Crippen LogP contribution in [0.4, 0.5) is 10.3 Å². The Balaban J connectivity index is 1.49. The van der Waals surface area contributed by atoms with E-state index in [9.17, 15) is 14.3 Å². The Morgan fingerprint density at radius 2 is 2.08 bits per heavy atom. The molecule has 192 valence electrons. The van der Waals surface area contributed by atoms with Gasteiger partial charge in [-0.1, -0.05) is 17.3 Å². The molecule has 1 aromatic carbocycles. The second kappa shape index (κ2) is 9.97. The lowest BCUT2D eigenvalue weighted by Crippen LogP contribution is -2.54. The van der Waals surface area contributed by atoms with Crippen molar-refractivity contribution < 1.29 is 23.9 Å². The average molecular weight is 508 g/mol. The number of amides is 1. The minimum atomic E-state index is -0.503. The molecule has 37 heavy (non-hydrogen) atoms. The largest absolute Gasteiger partial charge is 0.481 e. The lowest BCUT2D eigenvalue weighted by Gasteiger charge is -2.35. The summed E-state index contributed by atoms with van der Waals surface area (Å²) in [5, 5.41) is 17.0. The summed E-state index contributed by atoms with van der Waals surface area (Å²) >= 11 is 0. The fourth-order valence-corrected chi connectivity index (χ4v) is 4.49. The Morgan fingerprint density at radius 1 is 1.27 bits per heavy atom. The van der Waals surface area contributed by atoms with E-state index in [-0.39, 0.29) is 31.6 Å². The number of β-amino-alcohol motifs (C(OH)–C–C–N with tert-alkyl or cyclic N) is 1. The summed E-state index contributed by atoms with van der Waals surface area (Å²) in [6.45, 7) is 2.05. The number of aliphatic hydroxyl groups excluding tert-OH is 1. The molecule has 3 aromatic rings. The van der Waals surface area contributed by atoms with Crippen LogP contribution in [0.3, 0.4) is 0 Å². The molecular weight excluding hydrogens is 481 g/mol. The molecule has 2 aliphatic rings. The molecule has 0 spiro atoms. The zero-order valence-corrected chi connectivity index (χ0v) is 20.3. The van der Waals surface area contributed by atoms with Crippen molar-refractivity contribution in [3.63, 3.8) is 0 Å². The number of halogens is 1. The van der Waals surface area contributed by atoms with Crippen molar-refractivity contribution in [2.24, 2.45) is 5.16 Å². The Hall–Kier alpha value is -4.32. The molecule has 5 rings (SSSR count). The van der Waals surface area contributed by atoms with Crippen LogP contribution in [-0.4, -0.2) is 69.6 Å². The van der Waals surface area contributed by atoms with Gasteiger partial charge in [0.1, 0.15) is 5.82 Å². The zero-order chi connectivity index (χ0) is 26.1. The van der Waals surface area contributed by atoms with E-state index >= 15 is 0 Å². The molecule has 4 heterocycles. The first-order chi connectivity index (χ1) is 17.8. The molecule has 1 fully saturated rings. The van der Waals surface area contributed by atoms with Crippen molar-refractivity contribution in [3.8, 4) is 17.1 Å². The number of benzene rings is 1. The number of oxime groups is 1. The first-order valence-corrected chi connectivity index (χ1v) is 11.7. The van der Waals surface area contributed by atoms with Gasteiger partial charge in [-0.15, -0.1) is 0 Å². The lowest BCUT2D eigenvalue weighted by molar-refractivity contribution is -0.146. The number of aliphatic hydroxyl groups is 1. The van der Waals surface area contributed by atoms with E-state index in [1.807, 2.05) is 0 Å². The number of aryl methyl sites for hydroxylation is 1. The molecule has 0 radical (unpaired) electrons. The number of nitrogen functional groups attached to an aromatic ring is 1. The number of hydrogen-bond donors (Lipinski definition) is 3. The summed E-state index contributed by atoms with van der Waals surface area (Å²) in [5.41, 5.74) is 9.66. The van der Waals surface area contributed by atoms with Gasteiger partial charge < -0.3 is 30.6 Å². The van der Waals surface area contributed by atoms with Gasteiger partial charge in [0.15, 0.2) is 12.4 Å². The number of rotatable bonds is 6. The van der Waals surface area contributed by atoms with Gasteiger partial charge in [0, 0.05) is 31.1 Å². The fraction of sp³-hybridized carbons (Fsp3) is 0.320. The van der Waals surface area contributed by atoms with E-state index in [0.717, 1.165) is 5.56 Å². The number of aromatic nitrogens is 3. The fourth-order valence-electron chi connectivity index (χ4n) is 4.49. The summed E-state index contributed by atoms with van der Waals surface area (Å²) < 4.78 is 19.6. The maximum Gasteiger partial charge on any atom is 0.263 e. The van der Waals surface area contributed by atoms with Crippen molar-refractivity contribution >= 4 is 17.7 Å². The third kappa shape index (κ3) is 5.00. The number of hydrogen-bond acceptors (Lipinski definition) is 9. The Morgan fingerprint density at radius 3 is 2.84 bits per heavy atom. The second-order valence-electron chi connectivity index (χ2n) is 8.85. The molecule has 11 nitrogen and oxygen atoms in total. The van der Waals surface area contributed by atoms with E-state index in [4.69, 9.17) is 15.3 Å². The average Bonchev–Trinajstić information content (AvgIpc) is 2.86. The third-order valence-corrected chi connectivity index (χ3v) is 6.29. The van der Waals surface area contributed by atoms with Gasteiger partial charge in [-0.3, -0.25) is 4.79 Å². The number of carbonyl (C=O) groups excluding carboxylic acids is 1. The molecular formula is C25H26FN7O4. The highest BCUT2D eigenvalue weighted by atomic mass is 19.1. The SMILES string of the molecule is COc1cccc(-c2cc(F)ccc2C2Cc3nc(N)nc(C)c3/C(=N/OCC(=O)N3CC(O)C3)N2)n1. The quantitative estimate of drug-likeness (QED) is 0.420. The summed E-state index contributed by atoms with van der Waals surface area (Å²) in [5.74, 6) is 0.165. The van der Waals surface area contributed by atoms with E-state index in [2.05, 4.69) is 25.4 Å². The normalized spacial score (nSPS) is 18.1. The minimum Gasteiger partial charge on any atom is -0.481 e. The molecule has 2 aliphatic heterocycles. The highest BCUT2D eigenvalue weighted by molar-refractivity contribution is 6.01. The molecule has 2 aromatic heterocycles. The zero-order valence-electron chi connectivity index (χ0n) is 20.3. The van der Waals surface area contributed by atoms with Crippen LogP contribution < -0.4 is 15.8 Å². The Labute approximate surface area is 212 Å². The molecule has 12 heteroatoms. The predicted octanol–water partition coefficient (Wildman–Crippen LogP) is 1.35. The maximum atomic E-state index is 14.4. The molecule has 1 amide bonds. The van der Waals surface area contributed by atoms with Crippen LogP contribution in [0.15, 0.2) is 41.6 Å². The number of likely N-dealkylation sites (tertiary alicyclic amines) is 1. The number of nitrogens with zero attached hydrogens (tertiary/aromatic N) is 5. The monoisotopic (exact) mass is 507 g/mol. The van der Waals surface area contributed by atoms with Crippen LogP contribution in [0.1, 0.15) is 28.6 Å². The van der Waals surface area contributed by atoms with Crippen molar-refractivity contribution in [2.45, 2.75) is 25.5 Å². The number of pyridine rings is 1. The number of amidine groups is 1. The highest BCUT2D eigenvalue weighted by Crippen LogP contribution is 2.34. The van der Waals surface area contributed by atoms with Crippen LogP contribution in [0.2, 0.25) is 0 Å². The Bertz CT molecular complexity index is 1380. The first kappa shape index (κ1) is 24.4. The van der Waals surface area contributed by atoms with Gasteiger partial charge in [0.2, 0.25) is 11.8 Å². The van der Waals surface area contributed by atoms with Crippen LogP contribution in [0.25, 0.3) is 11.3 Å². The molecule has 0 aliphatic carbocycles. The lowest BCUT2D eigenvalue weighted by atomic mass is 9.90. The molecule has 1 atom stereocenters. The summed E-state index contributed by atoms with van der Waals surface area (Å²) in [6.07, 6.45) is -0.0908. The predicted molar refractivity (Wildman–Crippen MR) is 132 cm³/mol. The summed E-state index contributed by atoms with van der Waals surface area (Å²) in [4.78, 5) is 32.3. The minimum absolute atomic E-state index is 0.123. The van der Waals surface area contributed by atoms with E-state index < -0.39 is 18.0 Å². The molecule has 0 bridgehead atoms. The summed E-state index contributed by atoms with van der Waals surface area (Å²) in [6, 6.07) is 9.36. The van der Waals surface area contributed by atoms with Gasteiger partial charge >= 0.3 is 0 Å². The molecule has 1 saturated heterocycles. The smallest absolute Gasteiger partial charge is 0.263 e. The van der Waals surface area contributed by atoms with Crippen molar-refractivity contribution in [2.75, 3.05) is 32.5 Å². The third-order valence-electron chi connectivity index (χ3n) is 6.29. The number of anilines is 1. The molecule has 0 saturated carbocycles. The van der Waals surface area contributed by atoms with Gasteiger partial charge in [-0.2, -0.15) is 0 Å². The number of ether oxygens (including phenoxy) is 1. The number of fused-ring (bicyclic) bond motifs is 1. The van der Waals surface area contributed by atoms with E-state index in [1.54, 1.807) is 31.2 Å². The number of methoxy groups -OCH3 is 1. The topological polar surface area (TPSA) is 148 Å². The van der Waals surface area contributed by atoms with Crippen molar-refractivity contribution in [3.05, 3.63) is 64.7 Å². The Kier molecular flexibility index (Phi) is 6.57. The molecule has 4 N–H and O–H groups in total. The van der Waals surface area contributed by atoms with E-state index in [1.165, 1.54) is 24.1 Å². The highest BCUT2D eigenvalue weighted by Gasteiger charge is 2.31. The second-order valence-corrected chi connectivity index (χ2v) is 8.85. The van der Waals surface area contributed by atoms with Crippen LogP contribution in [-0.2, 0) is 16.1 Å². The van der Waals surface area contributed by atoms with Gasteiger partial charge in [-0.05, 0) is 30.7 Å². The van der Waals surface area contributed by atoms with E-state index in [0.29, 0.717) is 46.3 Å². The van der Waals surface area contributed by atoms with Gasteiger partial charge in [0.25, 0.3) is 5.91 Å². The van der Waals surface area contributed by atoms with Crippen molar-refractivity contribution in [1.29, 1.82) is 0 Å². The van der Waals surface area contributed by atoms with Gasteiger partial charge in [-0.25, -0.2) is 19.3 Å². The van der Waals surface area contributed by atoms with Crippen LogP contribution >= 0.6 is 0 Å².